The molecule has 0 saturated heterocycles. The number of aliphatic hydroxyl groups excluding tert-OH is 3. The van der Waals surface area contributed by atoms with E-state index in [-0.39, 0.29) is 155 Å². The molecule has 15 atom stereocenters. The minimum Gasteiger partial charge on any atom is -0.507 e. The molecular formula is C79H86BIN6O20Y2-4. The third-order valence-electron chi connectivity index (χ3n) is 23.5. The van der Waals surface area contributed by atoms with Gasteiger partial charge in [-0.1, -0.05) is 18.2 Å². The summed E-state index contributed by atoms with van der Waals surface area (Å²) in [5.74, 6) is -17.4. The number of primary amides is 3. The van der Waals surface area contributed by atoms with Crippen LogP contribution in [0, 0.1) is 82.8 Å². The van der Waals surface area contributed by atoms with E-state index in [0.717, 1.165) is 31.4 Å². The van der Waals surface area contributed by atoms with Crippen molar-refractivity contribution in [2.24, 2.45) is 70.5 Å². The number of aromatic hydroxyl groups is 3. The van der Waals surface area contributed by atoms with Crippen LogP contribution in [0.3, 0.4) is 0 Å². The third-order valence-corrected chi connectivity index (χ3v) is 24.5. The molecule has 30 heteroatoms. The van der Waals surface area contributed by atoms with Crippen molar-refractivity contribution >= 4 is 105 Å². The molecular weight excluding hydrogens is 1670 g/mol. The minimum absolute atomic E-state index is 0. The van der Waals surface area contributed by atoms with Crippen LogP contribution in [0.2, 0.25) is 0 Å². The number of nitrogens with two attached hydrogens (primary N) is 3. The van der Waals surface area contributed by atoms with E-state index in [9.17, 15) is 89.1 Å². The Balaban J connectivity index is 0.000000175. The molecule has 0 bridgehead atoms. The molecule has 3 amide bonds. The van der Waals surface area contributed by atoms with Gasteiger partial charge in [0.1, 0.15) is 52.3 Å². The summed E-state index contributed by atoms with van der Waals surface area (Å²) in [6.07, 6.45) is 3.46. The van der Waals surface area contributed by atoms with Gasteiger partial charge < -0.3 is 102 Å². The number of amides is 3. The molecule has 6 saturated carbocycles. The number of halogens is 1. The Kier molecular flexibility index (Phi) is 26.2. The third kappa shape index (κ3) is 14.8. The van der Waals surface area contributed by atoms with Crippen LogP contribution in [0.15, 0.2) is 95.6 Å². The van der Waals surface area contributed by atoms with Crippen LogP contribution in [0.5, 0.6) is 17.2 Å². The Hall–Kier alpha value is -6.77. The number of phenolic OH excluding ortho intramolecular Hbond substituents is 3. The molecule has 5 aromatic rings. The monoisotopic (exact) mass is 1750 g/mol. The van der Waals surface area contributed by atoms with Gasteiger partial charge in [0.25, 0.3) is 0 Å². The van der Waals surface area contributed by atoms with Gasteiger partial charge in [-0.05, 0) is 187 Å². The first kappa shape index (κ1) is 86.2. The fourth-order valence-corrected chi connectivity index (χ4v) is 18.9. The van der Waals surface area contributed by atoms with Crippen molar-refractivity contribution < 1.29 is 165 Å². The zero-order valence-corrected chi connectivity index (χ0v) is 68.7. The predicted molar refractivity (Wildman–Crippen MR) is 398 cm³/mol. The molecule has 0 spiro atoms. The smallest absolute Gasteiger partial charge is 0.462 e. The van der Waals surface area contributed by atoms with Crippen molar-refractivity contribution in [1.29, 1.82) is 0 Å². The van der Waals surface area contributed by atoms with Crippen molar-refractivity contribution in [3.8, 4) is 28.4 Å². The summed E-state index contributed by atoms with van der Waals surface area (Å²) >= 11 is 2.11. The Morgan fingerprint density at radius 1 is 0.505 bits per heavy atom. The molecule has 14 rings (SSSR count). The SMILES string of the molecule is CN(C)[C@@H]1CC(C(N)=O)C(=O)[C@@]2(O)C(=O)C3=C(O)c4c(O)ccc(I)c4CC3CC12.CN(C)[C@@H]1CC(C(N)=O)C(=O)[C@@]2(O)C(=O)C3=C(O)c4c(O)cccc4CC3CC12.[CH2-]Cc1[c-]ccc(-c2ccc(O)c3c2CC2CC4[C@H](N(C)C)CC(C(N)=O)C(=O)[C@@]4(O)C(=O)C2=C3O)c1.[CH2-]Cc1[c-]ccc(B(O)O)c1.[Y].[Y]. The fourth-order valence-electron chi connectivity index (χ4n) is 18.2. The molecule has 26 nitrogen and oxygen atoms in total. The number of ketones is 6. The zero-order valence-electron chi connectivity index (χ0n) is 60.9. The molecule has 9 unspecified atom stereocenters. The van der Waals surface area contributed by atoms with Crippen LogP contribution in [0.4, 0.5) is 0 Å². The second-order valence-electron chi connectivity index (χ2n) is 29.9. The largest absolute Gasteiger partial charge is 0.507 e. The number of Topliss-reactive ketones (excluding diaryl/α,β-unsaturated/α-hetero) is 6. The van der Waals surface area contributed by atoms with E-state index in [2.05, 4.69) is 48.6 Å². The molecule has 572 valence electrons. The standard InChI is InChI=1S/C29H30N2O6.C21H23IN2O6.C21H24N2O6.C8H9BO2.2Y/c1-4-14-6-5-7-15(10-14)17-8-9-22(32)24-18(17)11-16-12-20-21(31(2)3)13-19(28(30)36)26(34)29(20,37)27(35)23(16)25(24)33;1-24(2)13-7-10(20(23)29)18(27)21(30)11(13)6-8-5-9-12(22)3-4-14(25)16(9)17(26)15(8)19(21)28;1-23(2)13-8-11(20(22)28)18(26)21(29)12(13)7-10-6-9-4-3-5-14(24)15(9)17(25)16(10)19(21)27;1-2-7-4-3-5-8(6-7)9(10)11;;/h5,7-10,16,19-21,32-33,37H,1,4,11-13H2,2-3H3,(H2,30,36);3-4,8,10-11,13,25-26,30H,5-7H2,1-2H3,(H2,23,29);3-5,10-13,24-25,29H,6-8H2,1-2H3,(H2,22,28);3,5-6,10-11H,1-2H2;;/q-2;;;-2;;/t16?,19?,20?,21-,29-;8?,10?,11?,13-,21-;10?,11?,12?,13-,21-;;;/m111.../s1. The van der Waals surface area contributed by atoms with Crippen molar-refractivity contribution in [2.75, 3.05) is 42.3 Å². The van der Waals surface area contributed by atoms with Gasteiger partial charge in [0.2, 0.25) is 35.1 Å². The number of nitrogens with zero attached hydrogens (tertiary/aromatic N) is 3. The summed E-state index contributed by atoms with van der Waals surface area (Å²) in [6, 6.07) is 26.6. The number of carbonyl (C=O) groups is 9. The van der Waals surface area contributed by atoms with Gasteiger partial charge in [0, 0.05) is 122 Å². The molecule has 2 radical (unpaired) electrons. The Bertz CT molecular complexity index is 4680. The first-order valence-electron chi connectivity index (χ1n) is 35.1. The predicted octanol–water partition coefficient (Wildman–Crippen LogP) is 2.46. The zero-order chi connectivity index (χ0) is 78.4. The molecule has 17 N–H and O–H groups in total. The number of fused-ring (bicyclic) bond motifs is 9. The van der Waals surface area contributed by atoms with Crippen LogP contribution < -0.4 is 22.7 Å². The van der Waals surface area contributed by atoms with Crippen LogP contribution >= 0.6 is 22.6 Å². The number of benzene rings is 5. The van der Waals surface area contributed by atoms with E-state index < -0.39 is 165 Å². The van der Waals surface area contributed by atoms with Crippen molar-refractivity contribution in [1.82, 2.24) is 14.7 Å². The van der Waals surface area contributed by atoms with Crippen molar-refractivity contribution in [3.63, 3.8) is 0 Å². The summed E-state index contributed by atoms with van der Waals surface area (Å²) in [5.41, 5.74) is 15.2. The summed E-state index contributed by atoms with van der Waals surface area (Å²) in [6.45, 7) is 7.58. The van der Waals surface area contributed by atoms with Crippen LogP contribution in [-0.2, 0) is 141 Å². The topological polar surface area (TPSA) is 464 Å². The molecule has 109 heavy (non-hydrogen) atoms. The van der Waals surface area contributed by atoms with Gasteiger partial charge in [0.05, 0.1) is 16.7 Å². The molecule has 9 aliphatic carbocycles. The maximum atomic E-state index is 13.9. The van der Waals surface area contributed by atoms with Gasteiger partial charge in [-0.3, -0.25) is 43.2 Å². The van der Waals surface area contributed by atoms with Crippen molar-refractivity contribution in [3.05, 3.63) is 170 Å². The van der Waals surface area contributed by atoms with E-state index in [1.165, 1.54) is 18.2 Å². The first-order valence-corrected chi connectivity index (χ1v) is 36.1. The van der Waals surface area contributed by atoms with Crippen LogP contribution in [-0.4, -0.2) is 207 Å². The number of phenols is 3. The molecule has 5 aromatic carbocycles. The van der Waals surface area contributed by atoms with E-state index >= 15 is 0 Å². The molecule has 6 fully saturated rings. The van der Waals surface area contributed by atoms with E-state index in [0.29, 0.717) is 48.7 Å². The molecule has 0 heterocycles. The Labute approximate surface area is 694 Å². The Morgan fingerprint density at radius 2 is 0.872 bits per heavy atom. The first-order chi connectivity index (χ1) is 50.3. The summed E-state index contributed by atoms with van der Waals surface area (Å²) in [7, 11) is 9.21. The summed E-state index contributed by atoms with van der Waals surface area (Å²) < 4.78 is 0.844. The normalized spacial score (nSPS) is 29.0. The van der Waals surface area contributed by atoms with E-state index in [4.69, 9.17) is 27.2 Å². The maximum Gasteiger partial charge on any atom is 0.462 e. The van der Waals surface area contributed by atoms with Gasteiger partial charge in [-0.15, -0.1) is 11.0 Å². The summed E-state index contributed by atoms with van der Waals surface area (Å²) in [4.78, 5) is 122. The van der Waals surface area contributed by atoms with Gasteiger partial charge in [-0.2, -0.15) is 72.5 Å². The average molecular weight is 1760 g/mol. The minimum atomic E-state index is -2.49. The number of hydrogen-bond donors (Lipinski definition) is 14. The molecule has 9 aliphatic rings. The van der Waals surface area contributed by atoms with Gasteiger partial charge in [0.15, 0.2) is 34.2 Å². The van der Waals surface area contributed by atoms with Crippen LogP contribution in [0.25, 0.3) is 28.4 Å². The number of rotatable bonds is 10. The second-order valence-corrected chi connectivity index (χ2v) is 31.1. The number of aliphatic hydroxyl groups is 6. The second kappa shape index (κ2) is 33.1. The molecule has 0 aromatic heterocycles. The number of carbonyl (C=O) groups excluding carboxylic acids is 9. The van der Waals surface area contributed by atoms with Crippen molar-refractivity contribution in [2.45, 2.75) is 106 Å². The molecule has 0 aliphatic heterocycles. The van der Waals surface area contributed by atoms with Gasteiger partial charge in [-0.25, -0.2) is 0 Å². The summed E-state index contributed by atoms with van der Waals surface area (Å²) in [5, 5.41) is 116. The fraction of sp³-hybridized carbons (Fsp3) is 0.405. The van der Waals surface area contributed by atoms with Crippen LogP contribution in [0.1, 0.15) is 83.0 Å². The van der Waals surface area contributed by atoms with Gasteiger partial charge >= 0.3 is 7.12 Å². The Morgan fingerprint density at radius 3 is 1.28 bits per heavy atom. The van der Waals surface area contributed by atoms with E-state index in [1.54, 1.807) is 106 Å². The number of hydrogen-bond acceptors (Lipinski definition) is 23. The maximum absolute atomic E-state index is 13.9. The van der Waals surface area contributed by atoms with E-state index in [1.807, 2.05) is 12.1 Å². The quantitative estimate of drug-likeness (QED) is 0.0413. The average Bonchev–Trinajstić information content (AvgIpc) is 0.716.